The highest BCUT2D eigenvalue weighted by Gasteiger charge is 2.45. The summed E-state index contributed by atoms with van der Waals surface area (Å²) < 4.78 is 52.7. The first-order valence-electron chi connectivity index (χ1n) is 6.82. The van der Waals surface area contributed by atoms with Gasteiger partial charge in [-0.15, -0.1) is 11.3 Å². The molecule has 21 heavy (non-hydrogen) atoms. The van der Waals surface area contributed by atoms with Crippen molar-refractivity contribution < 1.29 is 16.8 Å². The van der Waals surface area contributed by atoms with Crippen LogP contribution in [-0.2, 0) is 20.0 Å². The molecule has 2 unspecified atom stereocenters. The molecule has 2 saturated heterocycles. The molecule has 0 aliphatic carbocycles. The third-order valence-electron chi connectivity index (χ3n) is 4.13. The van der Waals surface area contributed by atoms with Gasteiger partial charge in [0.25, 0.3) is 0 Å². The average Bonchev–Trinajstić information content (AvgIpc) is 2.95. The Hall–Kier alpha value is -0.480. The van der Waals surface area contributed by atoms with Gasteiger partial charge in [-0.05, 0) is 37.1 Å². The van der Waals surface area contributed by atoms with Crippen LogP contribution in [0.15, 0.2) is 21.7 Å². The fourth-order valence-corrected chi connectivity index (χ4v) is 7.20. The van der Waals surface area contributed by atoms with Crippen molar-refractivity contribution in [2.24, 2.45) is 0 Å². The van der Waals surface area contributed by atoms with Gasteiger partial charge in [0, 0.05) is 18.1 Å². The summed E-state index contributed by atoms with van der Waals surface area (Å²) in [5.41, 5.74) is 0. The van der Waals surface area contributed by atoms with Crippen molar-refractivity contribution in [2.75, 3.05) is 6.26 Å². The standard InChI is InChI=1S/C12H18N2O4S3/c1-20(15,16)14-10-4-5-11(14)8-9(7-10)13-21(17,18)12-3-2-6-19-12/h2-3,6,9-11,13H,4-5,7-8H2,1H3. The van der Waals surface area contributed by atoms with Gasteiger partial charge in [-0.3, -0.25) is 0 Å². The van der Waals surface area contributed by atoms with Crippen molar-refractivity contribution in [3.05, 3.63) is 17.5 Å². The Bertz CT molecular complexity index is 698. The molecule has 2 atom stereocenters. The molecule has 1 aromatic rings. The van der Waals surface area contributed by atoms with Gasteiger partial charge in [0.15, 0.2) is 0 Å². The molecule has 0 aromatic carbocycles. The molecule has 0 radical (unpaired) electrons. The zero-order chi connectivity index (χ0) is 15.3. The van der Waals surface area contributed by atoms with Crippen LogP contribution in [0.4, 0.5) is 0 Å². The number of fused-ring (bicyclic) bond motifs is 2. The zero-order valence-corrected chi connectivity index (χ0v) is 14.0. The molecule has 2 fully saturated rings. The molecule has 9 heteroatoms. The number of hydrogen-bond acceptors (Lipinski definition) is 5. The van der Waals surface area contributed by atoms with Crippen molar-refractivity contribution in [3.8, 4) is 0 Å². The van der Waals surface area contributed by atoms with E-state index < -0.39 is 20.0 Å². The van der Waals surface area contributed by atoms with Crippen LogP contribution in [0.25, 0.3) is 0 Å². The van der Waals surface area contributed by atoms with Crippen LogP contribution in [-0.4, -0.2) is 45.5 Å². The van der Waals surface area contributed by atoms with E-state index in [0.29, 0.717) is 17.1 Å². The molecule has 2 aliphatic heterocycles. The minimum Gasteiger partial charge on any atom is -0.212 e. The SMILES string of the molecule is CS(=O)(=O)N1C2CCC1CC(NS(=O)(=O)c1cccs1)C2. The topological polar surface area (TPSA) is 83.6 Å². The van der Waals surface area contributed by atoms with Crippen LogP contribution in [0, 0.1) is 0 Å². The first-order chi connectivity index (χ1) is 9.77. The largest absolute Gasteiger partial charge is 0.250 e. The van der Waals surface area contributed by atoms with Crippen molar-refractivity contribution in [2.45, 2.75) is 48.0 Å². The lowest BCUT2D eigenvalue weighted by Crippen LogP contribution is -2.51. The average molecular weight is 350 g/mol. The molecular formula is C12H18N2O4S3. The lowest BCUT2D eigenvalue weighted by molar-refractivity contribution is 0.221. The van der Waals surface area contributed by atoms with Gasteiger partial charge in [-0.25, -0.2) is 21.6 Å². The van der Waals surface area contributed by atoms with Gasteiger partial charge in [0.2, 0.25) is 20.0 Å². The quantitative estimate of drug-likeness (QED) is 0.877. The molecule has 0 spiro atoms. The van der Waals surface area contributed by atoms with Crippen LogP contribution < -0.4 is 4.72 Å². The first-order valence-corrected chi connectivity index (χ1v) is 11.0. The Kier molecular flexibility index (Phi) is 3.90. The van der Waals surface area contributed by atoms with E-state index in [9.17, 15) is 16.8 Å². The van der Waals surface area contributed by atoms with E-state index in [-0.39, 0.29) is 18.1 Å². The van der Waals surface area contributed by atoms with Crippen LogP contribution >= 0.6 is 11.3 Å². The van der Waals surface area contributed by atoms with E-state index in [1.165, 1.54) is 17.6 Å². The number of hydrogen-bond donors (Lipinski definition) is 1. The molecule has 3 heterocycles. The second kappa shape index (κ2) is 5.31. The Labute approximate surface area is 129 Å². The first kappa shape index (κ1) is 15.4. The highest BCUT2D eigenvalue weighted by Crippen LogP contribution is 2.37. The van der Waals surface area contributed by atoms with E-state index in [1.54, 1.807) is 21.8 Å². The van der Waals surface area contributed by atoms with Gasteiger partial charge < -0.3 is 0 Å². The number of thiophene rings is 1. The molecular weight excluding hydrogens is 332 g/mol. The summed E-state index contributed by atoms with van der Waals surface area (Å²) >= 11 is 1.18. The highest BCUT2D eigenvalue weighted by molar-refractivity contribution is 7.91. The van der Waals surface area contributed by atoms with Gasteiger partial charge in [-0.2, -0.15) is 4.31 Å². The van der Waals surface area contributed by atoms with Crippen LogP contribution in [0.1, 0.15) is 25.7 Å². The fraction of sp³-hybridized carbons (Fsp3) is 0.667. The van der Waals surface area contributed by atoms with Crippen LogP contribution in [0.3, 0.4) is 0 Å². The van der Waals surface area contributed by atoms with Crippen LogP contribution in [0.2, 0.25) is 0 Å². The third-order valence-corrected chi connectivity index (χ3v) is 8.41. The molecule has 2 bridgehead atoms. The van der Waals surface area contributed by atoms with E-state index in [1.807, 2.05) is 0 Å². The van der Waals surface area contributed by atoms with E-state index >= 15 is 0 Å². The number of sulfonamides is 2. The Morgan fingerprint density at radius 1 is 1.19 bits per heavy atom. The maximum Gasteiger partial charge on any atom is 0.250 e. The summed E-state index contributed by atoms with van der Waals surface area (Å²) in [6, 6.07) is 2.94. The highest BCUT2D eigenvalue weighted by atomic mass is 32.2. The minimum atomic E-state index is -3.49. The number of nitrogens with zero attached hydrogens (tertiary/aromatic N) is 1. The Morgan fingerprint density at radius 3 is 2.29 bits per heavy atom. The molecule has 0 saturated carbocycles. The molecule has 6 nitrogen and oxygen atoms in total. The van der Waals surface area contributed by atoms with Gasteiger partial charge in [-0.1, -0.05) is 6.07 Å². The van der Waals surface area contributed by atoms with E-state index in [4.69, 9.17) is 0 Å². The monoisotopic (exact) mass is 350 g/mol. The van der Waals surface area contributed by atoms with E-state index in [2.05, 4.69) is 4.72 Å². The van der Waals surface area contributed by atoms with Gasteiger partial charge in [0.05, 0.1) is 6.26 Å². The normalized spacial score (nSPS) is 30.6. The van der Waals surface area contributed by atoms with Gasteiger partial charge in [0.1, 0.15) is 4.21 Å². The summed E-state index contributed by atoms with van der Waals surface area (Å²) in [5.74, 6) is 0. The summed E-state index contributed by atoms with van der Waals surface area (Å²) in [7, 11) is -6.70. The number of nitrogens with one attached hydrogen (secondary N) is 1. The predicted molar refractivity (Wildman–Crippen MR) is 81.2 cm³/mol. The molecule has 1 aromatic heterocycles. The second-order valence-corrected chi connectivity index (χ2v) is 10.5. The molecule has 118 valence electrons. The fourth-order valence-electron chi connectivity index (χ4n) is 3.47. The number of piperidine rings is 1. The molecule has 0 amide bonds. The lowest BCUT2D eigenvalue weighted by atomic mass is 10.0. The Balaban J connectivity index is 1.74. The van der Waals surface area contributed by atoms with Crippen LogP contribution in [0.5, 0.6) is 0 Å². The van der Waals surface area contributed by atoms with Crippen molar-refractivity contribution in [3.63, 3.8) is 0 Å². The summed E-state index contributed by atoms with van der Waals surface area (Å²) in [4.78, 5) is 0. The predicted octanol–water partition coefficient (Wildman–Crippen LogP) is 0.981. The maximum atomic E-state index is 12.2. The van der Waals surface area contributed by atoms with Crippen molar-refractivity contribution >= 4 is 31.4 Å². The summed E-state index contributed by atoms with van der Waals surface area (Å²) in [5, 5.41) is 1.73. The Morgan fingerprint density at radius 2 is 1.81 bits per heavy atom. The molecule has 1 N–H and O–H groups in total. The lowest BCUT2D eigenvalue weighted by Gasteiger charge is -2.37. The summed E-state index contributed by atoms with van der Waals surface area (Å²) in [6.07, 6.45) is 3.96. The molecule has 3 rings (SSSR count). The summed E-state index contributed by atoms with van der Waals surface area (Å²) in [6.45, 7) is 0. The van der Waals surface area contributed by atoms with Crippen molar-refractivity contribution in [1.29, 1.82) is 0 Å². The minimum absolute atomic E-state index is 0.0743. The second-order valence-electron chi connectivity index (χ2n) is 5.70. The van der Waals surface area contributed by atoms with E-state index in [0.717, 1.165) is 12.8 Å². The number of rotatable bonds is 4. The zero-order valence-electron chi connectivity index (χ0n) is 11.6. The molecule has 2 aliphatic rings. The van der Waals surface area contributed by atoms with Crippen molar-refractivity contribution in [1.82, 2.24) is 9.03 Å². The van der Waals surface area contributed by atoms with Gasteiger partial charge >= 0.3 is 0 Å². The maximum absolute atomic E-state index is 12.2. The third kappa shape index (κ3) is 3.02. The smallest absolute Gasteiger partial charge is 0.212 e.